The smallest absolute Gasteiger partial charge is 0.166 e. The van der Waals surface area contributed by atoms with Gasteiger partial charge in [-0.3, -0.25) is 0 Å². The summed E-state index contributed by atoms with van der Waals surface area (Å²) >= 11 is 1.19. The van der Waals surface area contributed by atoms with Crippen LogP contribution in [0, 0.1) is 0 Å². The summed E-state index contributed by atoms with van der Waals surface area (Å²) in [5, 5.41) is 5.51. The maximum Gasteiger partial charge on any atom is 0.416 e. The van der Waals surface area contributed by atoms with Crippen LogP contribution >= 0.6 is 11.5 Å². The fourth-order valence-electron chi connectivity index (χ4n) is 1.33. The molecule has 2 nitrogen and oxygen atoms in total. The number of halogens is 3. The summed E-state index contributed by atoms with van der Waals surface area (Å²) in [6.45, 7) is 0. The van der Waals surface area contributed by atoms with Gasteiger partial charge < -0.3 is 0 Å². The van der Waals surface area contributed by atoms with Crippen LogP contribution in [0.25, 0.3) is 0 Å². The molecular weight excluding hydrogens is 237 g/mol. The van der Waals surface area contributed by atoms with E-state index in [1.807, 2.05) is 0 Å². The van der Waals surface area contributed by atoms with Crippen LogP contribution in [-0.4, -0.2) is 9.59 Å². The van der Waals surface area contributed by atoms with Crippen molar-refractivity contribution < 1.29 is 13.2 Å². The minimum absolute atomic E-state index is 0.375. The summed E-state index contributed by atoms with van der Waals surface area (Å²) < 4.78 is 40.9. The minimum Gasteiger partial charge on any atom is -0.166 e. The van der Waals surface area contributed by atoms with Crippen molar-refractivity contribution in [1.82, 2.24) is 9.59 Å². The van der Waals surface area contributed by atoms with E-state index in [4.69, 9.17) is 0 Å². The van der Waals surface area contributed by atoms with Gasteiger partial charge in [-0.2, -0.15) is 13.2 Å². The molecule has 0 saturated carbocycles. The Balaban J connectivity index is 2.23. The molecule has 2 rings (SSSR count). The molecule has 0 aliphatic heterocycles. The highest BCUT2D eigenvalue weighted by Crippen LogP contribution is 2.29. The Morgan fingerprint density at radius 2 is 2.06 bits per heavy atom. The Kier molecular flexibility index (Phi) is 2.91. The lowest BCUT2D eigenvalue weighted by Gasteiger charge is -2.07. The number of hydrogen-bond acceptors (Lipinski definition) is 3. The van der Waals surface area contributed by atoms with Crippen LogP contribution in [0.3, 0.4) is 0 Å². The lowest BCUT2D eigenvalue weighted by molar-refractivity contribution is -0.137. The predicted octanol–water partition coefficient (Wildman–Crippen LogP) is 3.15. The zero-order valence-electron chi connectivity index (χ0n) is 8.03. The van der Waals surface area contributed by atoms with Gasteiger partial charge in [-0.15, -0.1) is 5.10 Å². The molecular formula is C10H7F3N2S. The van der Waals surface area contributed by atoms with E-state index in [9.17, 15) is 13.2 Å². The average Bonchev–Trinajstić information content (AvgIpc) is 2.70. The van der Waals surface area contributed by atoms with Crippen LogP contribution in [0.15, 0.2) is 29.6 Å². The van der Waals surface area contributed by atoms with Gasteiger partial charge in [0.05, 0.1) is 11.3 Å². The second-order valence-electron chi connectivity index (χ2n) is 3.27. The Bertz CT molecular complexity index is 465. The van der Waals surface area contributed by atoms with Crippen LogP contribution in [0.4, 0.5) is 13.2 Å². The quantitative estimate of drug-likeness (QED) is 0.811. The van der Waals surface area contributed by atoms with Crippen LogP contribution < -0.4 is 0 Å². The molecule has 0 N–H and O–H groups in total. The Hall–Kier alpha value is -1.43. The van der Waals surface area contributed by atoms with E-state index in [1.54, 1.807) is 11.4 Å². The van der Waals surface area contributed by atoms with Gasteiger partial charge in [0.15, 0.2) is 0 Å². The van der Waals surface area contributed by atoms with Crippen molar-refractivity contribution in [3.8, 4) is 0 Å². The lowest BCUT2D eigenvalue weighted by atomic mass is 10.1. The molecule has 0 bridgehead atoms. The van der Waals surface area contributed by atoms with Crippen molar-refractivity contribution >= 4 is 11.5 Å². The zero-order chi connectivity index (χ0) is 11.6. The Labute approximate surface area is 93.9 Å². The molecule has 2 aromatic rings. The molecule has 1 aromatic heterocycles. The summed E-state index contributed by atoms with van der Waals surface area (Å²) in [5.74, 6) is 0. The maximum atomic E-state index is 12.4. The molecule has 0 radical (unpaired) electrons. The molecule has 1 heterocycles. The monoisotopic (exact) mass is 244 g/mol. The molecule has 0 unspecified atom stereocenters. The topological polar surface area (TPSA) is 25.8 Å². The fourth-order valence-corrected chi connectivity index (χ4v) is 1.78. The summed E-state index contributed by atoms with van der Waals surface area (Å²) in [4.78, 5) is 0. The van der Waals surface area contributed by atoms with E-state index in [2.05, 4.69) is 9.59 Å². The number of benzene rings is 1. The van der Waals surface area contributed by atoms with Gasteiger partial charge in [-0.05, 0) is 23.2 Å². The summed E-state index contributed by atoms with van der Waals surface area (Å²) in [6.07, 6.45) is -3.92. The van der Waals surface area contributed by atoms with E-state index < -0.39 is 11.7 Å². The average molecular weight is 244 g/mol. The molecule has 0 saturated heterocycles. The van der Waals surface area contributed by atoms with Gasteiger partial charge in [0.2, 0.25) is 0 Å². The highest BCUT2D eigenvalue weighted by molar-refractivity contribution is 7.03. The first-order valence-corrected chi connectivity index (χ1v) is 5.31. The van der Waals surface area contributed by atoms with Crippen LogP contribution in [0.2, 0.25) is 0 Å². The fraction of sp³-hybridized carbons (Fsp3) is 0.200. The third-order valence-corrected chi connectivity index (χ3v) is 2.60. The Morgan fingerprint density at radius 3 is 2.69 bits per heavy atom. The van der Waals surface area contributed by atoms with Gasteiger partial charge in [0, 0.05) is 11.8 Å². The van der Waals surface area contributed by atoms with Crippen molar-refractivity contribution in [2.24, 2.45) is 0 Å². The first-order valence-electron chi connectivity index (χ1n) is 4.48. The van der Waals surface area contributed by atoms with Crippen molar-refractivity contribution in [3.05, 3.63) is 46.5 Å². The highest BCUT2D eigenvalue weighted by atomic mass is 32.1. The molecule has 1 aromatic carbocycles. The zero-order valence-corrected chi connectivity index (χ0v) is 8.85. The normalized spacial score (nSPS) is 11.7. The standard InChI is InChI=1S/C10H7F3N2S/c11-10(12,13)8-3-1-2-7(4-8)5-9-6-16-15-14-9/h1-4,6H,5H2. The number of rotatable bonds is 2. The van der Waals surface area contributed by atoms with E-state index in [-0.39, 0.29) is 0 Å². The molecule has 0 fully saturated rings. The van der Waals surface area contributed by atoms with Crippen LogP contribution in [-0.2, 0) is 12.6 Å². The maximum absolute atomic E-state index is 12.4. The van der Waals surface area contributed by atoms with Crippen LogP contribution in [0.1, 0.15) is 16.8 Å². The number of nitrogens with zero attached hydrogens (tertiary/aromatic N) is 2. The van der Waals surface area contributed by atoms with E-state index in [0.29, 0.717) is 17.7 Å². The summed E-state index contributed by atoms with van der Waals surface area (Å²) in [6, 6.07) is 5.24. The van der Waals surface area contributed by atoms with Crippen molar-refractivity contribution in [3.63, 3.8) is 0 Å². The molecule has 16 heavy (non-hydrogen) atoms. The van der Waals surface area contributed by atoms with Gasteiger partial charge >= 0.3 is 6.18 Å². The molecule has 0 amide bonds. The van der Waals surface area contributed by atoms with Gasteiger partial charge in [-0.1, -0.05) is 22.7 Å². The first kappa shape index (κ1) is 11.1. The minimum atomic E-state index is -4.30. The second-order valence-corrected chi connectivity index (χ2v) is 3.88. The molecule has 6 heteroatoms. The number of aromatic nitrogens is 2. The highest BCUT2D eigenvalue weighted by Gasteiger charge is 2.30. The van der Waals surface area contributed by atoms with Crippen molar-refractivity contribution in [2.75, 3.05) is 0 Å². The third-order valence-electron chi connectivity index (χ3n) is 2.04. The molecule has 0 aliphatic carbocycles. The molecule has 0 atom stereocenters. The largest absolute Gasteiger partial charge is 0.416 e. The van der Waals surface area contributed by atoms with Crippen LogP contribution in [0.5, 0.6) is 0 Å². The SMILES string of the molecule is FC(F)(F)c1cccc(Cc2csnn2)c1. The molecule has 84 valence electrons. The number of alkyl halides is 3. The number of hydrogen-bond donors (Lipinski definition) is 0. The van der Waals surface area contributed by atoms with Gasteiger partial charge in [0.25, 0.3) is 0 Å². The summed E-state index contributed by atoms with van der Waals surface area (Å²) in [5.41, 5.74) is 0.639. The van der Waals surface area contributed by atoms with E-state index >= 15 is 0 Å². The Morgan fingerprint density at radius 1 is 1.25 bits per heavy atom. The third kappa shape index (κ3) is 2.57. The lowest BCUT2D eigenvalue weighted by Crippen LogP contribution is -2.05. The van der Waals surface area contributed by atoms with Gasteiger partial charge in [0.1, 0.15) is 0 Å². The first-order chi connectivity index (χ1) is 7.55. The van der Waals surface area contributed by atoms with E-state index in [0.717, 1.165) is 12.1 Å². The molecule has 0 spiro atoms. The predicted molar refractivity (Wildman–Crippen MR) is 54.2 cm³/mol. The van der Waals surface area contributed by atoms with E-state index in [1.165, 1.54) is 17.6 Å². The van der Waals surface area contributed by atoms with Gasteiger partial charge in [-0.25, -0.2) is 0 Å². The summed E-state index contributed by atoms with van der Waals surface area (Å²) in [7, 11) is 0. The van der Waals surface area contributed by atoms with Crippen molar-refractivity contribution in [2.45, 2.75) is 12.6 Å². The second kappa shape index (κ2) is 4.21. The van der Waals surface area contributed by atoms with Crippen molar-refractivity contribution in [1.29, 1.82) is 0 Å². The molecule has 0 aliphatic rings.